The van der Waals surface area contributed by atoms with Gasteiger partial charge in [-0.15, -0.1) is 0 Å². The Hall–Kier alpha value is -0.580. The molecular formula is C12H17BrO3. The molecule has 0 amide bonds. The average Bonchev–Trinajstić information content (AvgIpc) is 2.14. The molecule has 0 heterocycles. The van der Waals surface area contributed by atoms with Crippen LogP contribution in [0.25, 0.3) is 0 Å². The lowest BCUT2D eigenvalue weighted by Gasteiger charge is -2.20. The van der Waals surface area contributed by atoms with E-state index in [0.29, 0.717) is 11.3 Å². The van der Waals surface area contributed by atoms with Gasteiger partial charge in [0.2, 0.25) is 0 Å². The fraction of sp³-hybridized carbons (Fsp3) is 0.500. The summed E-state index contributed by atoms with van der Waals surface area (Å²) in [6.07, 6.45) is -0.602. The number of hydrogen-bond acceptors (Lipinski definition) is 3. The Balaban J connectivity index is 2.87. The molecule has 1 aromatic rings. The van der Waals surface area contributed by atoms with Crippen LogP contribution in [-0.2, 0) is 0 Å². The molecule has 4 heteroatoms. The largest absolute Gasteiger partial charge is 0.490 e. The van der Waals surface area contributed by atoms with E-state index < -0.39 is 11.7 Å². The molecule has 0 radical (unpaired) electrons. The van der Waals surface area contributed by atoms with E-state index in [1.54, 1.807) is 26.8 Å². The van der Waals surface area contributed by atoms with E-state index in [9.17, 15) is 10.2 Å². The number of aliphatic hydroxyl groups is 2. The highest BCUT2D eigenvalue weighted by Gasteiger charge is 2.16. The number of rotatable bonds is 4. The maximum absolute atomic E-state index is 9.60. The number of aliphatic hydroxyl groups excluding tert-OH is 1. The number of ether oxygens (including phenoxy) is 1. The first-order chi connectivity index (χ1) is 7.29. The van der Waals surface area contributed by atoms with Crippen molar-refractivity contribution in [3.63, 3.8) is 0 Å². The molecule has 0 saturated carbocycles. The van der Waals surface area contributed by atoms with Crippen LogP contribution in [0.1, 0.15) is 32.4 Å². The minimum absolute atomic E-state index is 0.189. The summed E-state index contributed by atoms with van der Waals surface area (Å²) in [5.74, 6) is 0.598. The number of benzene rings is 1. The number of hydrogen-bond donors (Lipinski definition) is 2. The quantitative estimate of drug-likeness (QED) is 0.896. The smallest absolute Gasteiger partial charge is 0.125 e. The molecule has 0 fully saturated rings. The van der Waals surface area contributed by atoms with Gasteiger partial charge in [0.1, 0.15) is 12.4 Å². The van der Waals surface area contributed by atoms with Gasteiger partial charge in [0, 0.05) is 10.0 Å². The summed E-state index contributed by atoms with van der Waals surface area (Å²) in [5, 5.41) is 19.2. The van der Waals surface area contributed by atoms with Crippen molar-refractivity contribution in [2.45, 2.75) is 32.5 Å². The third kappa shape index (κ3) is 4.12. The molecule has 0 spiro atoms. The maximum Gasteiger partial charge on any atom is 0.125 e. The van der Waals surface area contributed by atoms with Crippen molar-refractivity contribution in [2.24, 2.45) is 0 Å². The van der Waals surface area contributed by atoms with Crippen LogP contribution in [0.5, 0.6) is 5.75 Å². The van der Waals surface area contributed by atoms with Gasteiger partial charge in [-0.05, 0) is 39.0 Å². The van der Waals surface area contributed by atoms with Crippen LogP contribution in [0.4, 0.5) is 0 Å². The normalized spacial score (nSPS) is 13.6. The van der Waals surface area contributed by atoms with Crippen LogP contribution in [-0.4, -0.2) is 22.4 Å². The molecule has 16 heavy (non-hydrogen) atoms. The first-order valence-corrected chi connectivity index (χ1v) is 5.91. The second-order valence-corrected chi connectivity index (χ2v) is 5.37. The summed E-state index contributed by atoms with van der Waals surface area (Å²) in [6, 6.07) is 5.42. The van der Waals surface area contributed by atoms with E-state index in [0.717, 1.165) is 4.47 Å². The zero-order valence-corrected chi connectivity index (χ0v) is 11.3. The Morgan fingerprint density at radius 2 is 2.06 bits per heavy atom. The van der Waals surface area contributed by atoms with Crippen molar-refractivity contribution in [3.8, 4) is 5.75 Å². The van der Waals surface area contributed by atoms with Gasteiger partial charge in [-0.25, -0.2) is 0 Å². The lowest BCUT2D eigenvalue weighted by atomic mass is 10.1. The minimum Gasteiger partial charge on any atom is -0.490 e. The zero-order chi connectivity index (χ0) is 12.3. The van der Waals surface area contributed by atoms with E-state index >= 15 is 0 Å². The highest BCUT2D eigenvalue weighted by molar-refractivity contribution is 9.10. The van der Waals surface area contributed by atoms with Crippen LogP contribution in [0, 0.1) is 0 Å². The SMILES string of the molecule is C[C@@H](O)c1cc(Br)ccc1OCC(C)(C)O. The van der Waals surface area contributed by atoms with Crippen molar-refractivity contribution in [1.29, 1.82) is 0 Å². The molecule has 0 aliphatic carbocycles. The van der Waals surface area contributed by atoms with Crippen molar-refractivity contribution in [3.05, 3.63) is 28.2 Å². The highest BCUT2D eigenvalue weighted by Crippen LogP contribution is 2.28. The monoisotopic (exact) mass is 288 g/mol. The van der Waals surface area contributed by atoms with Gasteiger partial charge >= 0.3 is 0 Å². The summed E-state index contributed by atoms with van der Waals surface area (Å²) in [5.41, 5.74) is -0.179. The predicted octanol–water partition coefficient (Wildman–Crippen LogP) is 2.65. The highest BCUT2D eigenvalue weighted by atomic mass is 79.9. The fourth-order valence-electron chi connectivity index (χ4n) is 1.23. The average molecular weight is 289 g/mol. The lowest BCUT2D eigenvalue weighted by Crippen LogP contribution is -2.28. The molecule has 1 aromatic carbocycles. The van der Waals surface area contributed by atoms with Crippen molar-refractivity contribution in [2.75, 3.05) is 6.61 Å². The first kappa shape index (κ1) is 13.5. The minimum atomic E-state index is -0.886. The second kappa shape index (κ2) is 5.17. The summed E-state index contributed by atoms with van der Waals surface area (Å²) in [4.78, 5) is 0. The van der Waals surface area contributed by atoms with Crippen LogP contribution in [0.2, 0.25) is 0 Å². The topological polar surface area (TPSA) is 49.7 Å². The third-order valence-corrected chi connectivity index (χ3v) is 2.50. The second-order valence-electron chi connectivity index (χ2n) is 4.46. The molecule has 0 saturated heterocycles. The number of halogens is 1. The van der Waals surface area contributed by atoms with Gasteiger partial charge in [0.25, 0.3) is 0 Å². The molecule has 0 aromatic heterocycles. The van der Waals surface area contributed by atoms with Gasteiger partial charge in [0.05, 0.1) is 11.7 Å². The van der Waals surface area contributed by atoms with E-state index in [1.165, 1.54) is 0 Å². The van der Waals surface area contributed by atoms with E-state index in [4.69, 9.17) is 4.74 Å². The summed E-state index contributed by atoms with van der Waals surface area (Å²) >= 11 is 3.34. The van der Waals surface area contributed by atoms with Crippen molar-refractivity contribution < 1.29 is 14.9 Å². The summed E-state index contributed by atoms with van der Waals surface area (Å²) < 4.78 is 6.38. The molecular weight excluding hydrogens is 272 g/mol. The van der Waals surface area contributed by atoms with Crippen LogP contribution < -0.4 is 4.74 Å². The van der Waals surface area contributed by atoms with Gasteiger partial charge in [-0.2, -0.15) is 0 Å². The molecule has 0 aliphatic rings. The van der Waals surface area contributed by atoms with Crippen LogP contribution in [0.3, 0.4) is 0 Å². The Labute approximate surface area is 104 Å². The standard InChI is InChI=1S/C12H17BrO3/c1-8(14)10-6-9(13)4-5-11(10)16-7-12(2,3)15/h4-6,8,14-15H,7H2,1-3H3/t8-/m1/s1. The van der Waals surface area contributed by atoms with E-state index in [2.05, 4.69) is 15.9 Å². The first-order valence-electron chi connectivity index (χ1n) is 5.12. The van der Waals surface area contributed by atoms with E-state index in [1.807, 2.05) is 12.1 Å². The molecule has 0 unspecified atom stereocenters. The van der Waals surface area contributed by atoms with Crippen molar-refractivity contribution in [1.82, 2.24) is 0 Å². The van der Waals surface area contributed by atoms with Gasteiger partial charge in [0.15, 0.2) is 0 Å². The maximum atomic E-state index is 9.60. The summed E-state index contributed by atoms with van der Waals surface area (Å²) in [7, 11) is 0. The fourth-order valence-corrected chi connectivity index (χ4v) is 1.61. The van der Waals surface area contributed by atoms with Gasteiger partial charge < -0.3 is 14.9 Å². The molecule has 2 N–H and O–H groups in total. The van der Waals surface area contributed by atoms with Crippen LogP contribution >= 0.6 is 15.9 Å². The summed E-state index contributed by atoms with van der Waals surface area (Å²) in [6.45, 7) is 5.22. The Morgan fingerprint density at radius 1 is 1.44 bits per heavy atom. The Kier molecular flexibility index (Phi) is 4.35. The molecule has 0 aliphatic heterocycles. The van der Waals surface area contributed by atoms with Crippen molar-refractivity contribution >= 4 is 15.9 Å². The predicted molar refractivity (Wildman–Crippen MR) is 66.6 cm³/mol. The zero-order valence-electron chi connectivity index (χ0n) is 9.70. The van der Waals surface area contributed by atoms with E-state index in [-0.39, 0.29) is 6.61 Å². The Morgan fingerprint density at radius 3 is 2.56 bits per heavy atom. The molecule has 90 valence electrons. The molecule has 1 atom stereocenters. The molecule has 1 rings (SSSR count). The lowest BCUT2D eigenvalue weighted by molar-refractivity contribution is 0.0272. The third-order valence-electron chi connectivity index (χ3n) is 2.00. The van der Waals surface area contributed by atoms with Gasteiger partial charge in [-0.1, -0.05) is 15.9 Å². The molecule has 3 nitrogen and oxygen atoms in total. The van der Waals surface area contributed by atoms with Gasteiger partial charge in [-0.3, -0.25) is 0 Å². The van der Waals surface area contributed by atoms with Crippen LogP contribution in [0.15, 0.2) is 22.7 Å². The molecule has 0 bridgehead atoms. The Bertz CT molecular complexity index is 356.